The van der Waals surface area contributed by atoms with Crippen LogP contribution in [0.5, 0.6) is 0 Å². The fourth-order valence-corrected chi connectivity index (χ4v) is 1.60. The molecular weight excluding hydrogens is 259 g/mol. The van der Waals surface area contributed by atoms with Crippen molar-refractivity contribution in [2.24, 2.45) is 0 Å². The summed E-state index contributed by atoms with van der Waals surface area (Å²) >= 11 is 3.06. The van der Waals surface area contributed by atoms with Gasteiger partial charge in [-0.1, -0.05) is 25.8 Å². The predicted molar refractivity (Wildman–Crippen MR) is 62.6 cm³/mol. The molecule has 1 aromatic carbocycles. The highest BCUT2D eigenvalue weighted by Gasteiger charge is 2.07. The topological polar surface area (TPSA) is 17.1 Å². The van der Waals surface area contributed by atoms with Crippen LogP contribution in [0.2, 0.25) is 0 Å². The number of halogens is 2. The third kappa shape index (κ3) is 3.74. The van der Waals surface area contributed by atoms with Crippen LogP contribution in [0.25, 0.3) is 0 Å². The lowest BCUT2D eigenvalue weighted by Crippen LogP contribution is -1.99. The summed E-state index contributed by atoms with van der Waals surface area (Å²) in [5.41, 5.74) is 0.465. The average molecular weight is 273 g/mol. The van der Waals surface area contributed by atoms with Crippen molar-refractivity contribution in [2.75, 3.05) is 0 Å². The molecule has 0 aliphatic heterocycles. The van der Waals surface area contributed by atoms with Crippen molar-refractivity contribution in [3.63, 3.8) is 0 Å². The summed E-state index contributed by atoms with van der Waals surface area (Å²) in [5.74, 6) is -0.355. The van der Waals surface area contributed by atoms with Gasteiger partial charge in [0.05, 0.1) is 4.47 Å². The third-order valence-corrected chi connectivity index (χ3v) is 2.89. The molecule has 0 heterocycles. The van der Waals surface area contributed by atoms with Gasteiger partial charge >= 0.3 is 0 Å². The number of ketones is 1. The molecule has 0 atom stereocenters. The molecule has 0 saturated heterocycles. The summed E-state index contributed by atoms with van der Waals surface area (Å²) in [6.07, 6.45) is 3.52. The van der Waals surface area contributed by atoms with Crippen molar-refractivity contribution >= 4 is 21.7 Å². The Morgan fingerprint density at radius 3 is 2.73 bits per heavy atom. The number of carbonyl (C=O) groups is 1. The van der Waals surface area contributed by atoms with Gasteiger partial charge in [-0.05, 0) is 34.5 Å². The maximum atomic E-state index is 13.1. The van der Waals surface area contributed by atoms with Crippen molar-refractivity contribution in [3.8, 4) is 0 Å². The number of hydrogen-bond donors (Lipinski definition) is 0. The lowest BCUT2D eigenvalue weighted by Gasteiger charge is -2.01. The first-order valence-corrected chi connectivity index (χ1v) is 5.92. The quantitative estimate of drug-likeness (QED) is 0.575. The highest BCUT2D eigenvalue weighted by Crippen LogP contribution is 2.17. The molecule has 15 heavy (non-hydrogen) atoms. The Hall–Kier alpha value is -0.700. The molecule has 0 radical (unpaired) electrons. The molecule has 3 heteroatoms. The summed E-state index contributed by atoms with van der Waals surface area (Å²) in [7, 11) is 0. The molecule has 0 N–H and O–H groups in total. The van der Waals surface area contributed by atoms with E-state index < -0.39 is 0 Å². The summed E-state index contributed by atoms with van der Waals surface area (Å²) in [6.45, 7) is 2.09. The second-order valence-corrected chi connectivity index (χ2v) is 4.36. The highest BCUT2D eigenvalue weighted by molar-refractivity contribution is 9.10. The normalized spacial score (nSPS) is 10.3. The van der Waals surface area contributed by atoms with Gasteiger partial charge in [0.15, 0.2) is 5.78 Å². The van der Waals surface area contributed by atoms with Gasteiger partial charge in [-0.2, -0.15) is 0 Å². The van der Waals surface area contributed by atoms with E-state index in [1.165, 1.54) is 6.07 Å². The summed E-state index contributed by atoms with van der Waals surface area (Å²) in [4.78, 5) is 11.6. The first kappa shape index (κ1) is 12.4. The van der Waals surface area contributed by atoms with Gasteiger partial charge in [-0.3, -0.25) is 4.79 Å². The third-order valence-electron chi connectivity index (χ3n) is 2.25. The average Bonchev–Trinajstić information content (AvgIpc) is 2.22. The Bertz CT molecular complexity index is 349. The largest absolute Gasteiger partial charge is 0.294 e. The molecule has 0 aromatic heterocycles. The van der Waals surface area contributed by atoms with Gasteiger partial charge in [0.25, 0.3) is 0 Å². The molecule has 0 unspecified atom stereocenters. The van der Waals surface area contributed by atoms with Crippen LogP contribution >= 0.6 is 15.9 Å². The van der Waals surface area contributed by atoms with Crippen LogP contribution in [0.1, 0.15) is 43.0 Å². The molecule has 82 valence electrons. The van der Waals surface area contributed by atoms with E-state index in [0.717, 1.165) is 19.3 Å². The lowest BCUT2D eigenvalue weighted by molar-refractivity contribution is 0.0979. The van der Waals surface area contributed by atoms with Crippen LogP contribution in [0.4, 0.5) is 4.39 Å². The zero-order valence-corrected chi connectivity index (χ0v) is 10.3. The maximum absolute atomic E-state index is 13.1. The maximum Gasteiger partial charge on any atom is 0.162 e. The molecule has 0 fully saturated rings. The van der Waals surface area contributed by atoms with E-state index in [4.69, 9.17) is 0 Å². The minimum atomic E-state index is -0.378. The van der Waals surface area contributed by atoms with Gasteiger partial charge in [-0.15, -0.1) is 0 Å². The van der Waals surface area contributed by atoms with Crippen LogP contribution in [-0.4, -0.2) is 5.78 Å². The fraction of sp³-hybridized carbons (Fsp3) is 0.417. The van der Waals surface area contributed by atoms with E-state index in [-0.39, 0.29) is 11.6 Å². The second kappa shape index (κ2) is 6.01. The smallest absolute Gasteiger partial charge is 0.162 e. The fourth-order valence-electron chi connectivity index (χ4n) is 1.35. The molecule has 0 aliphatic rings. The van der Waals surface area contributed by atoms with Crippen molar-refractivity contribution in [2.45, 2.75) is 32.6 Å². The Kier molecular flexibility index (Phi) is 4.95. The summed E-state index contributed by atoms with van der Waals surface area (Å²) < 4.78 is 13.5. The molecule has 0 spiro atoms. The van der Waals surface area contributed by atoms with Gasteiger partial charge in [0.1, 0.15) is 5.82 Å². The first-order chi connectivity index (χ1) is 7.15. The number of rotatable bonds is 5. The molecule has 0 aliphatic carbocycles. The molecular formula is C12H14BrFO. The summed E-state index contributed by atoms with van der Waals surface area (Å²) in [5, 5.41) is 0. The van der Waals surface area contributed by atoms with E-state index in [9.17, 15) is 9.18 Å². The molecule has 0 bridgehead atoms. The van der Waals surface area contributed by atoms with Crippen LogP contribution in [0.3, 0.4) is 0 Å². The molecule has 1 rings (SSSR count). The van der Waals surface area contributed by atoms with Gasteiger partial charge in [0.2, 0.25) is 0 Å². The number of unbranched alkanes of at least 4 members (excludes halogenated alkanes) is 2. The highest BCUT2D eigenvalue weighted by atomic mass is 79.9. The lowest BCUT2D eigenvalue weighted by atomic mass is 10.0. The van der Waals surface area contributed by atoms with Crippen LogP contribution in [-0.2, 0) is 0 Å². The Labute approximate surface area is 97.8 Å². The summed E-state index contributed by atoms with van der Waals surface area (Å²) in [6, 6.07) is 4.52. The Balaban J connectivity index is 2.62. The number of hydrogen-bond acceptors (Lipinski definition) is 1. The number of Topliss-reactive ketones (excluding diaryl/α,β-unsaturated/α-hetero) is 1. The number of benzene rings is 1. The van der Waals surface area contributed by atoms with Gasteiger partial charge in [-0.25, -0.2) is 4.39 Å². The SMILES string of the molecule is CCCCCC(=O)c1ccc(Br)c(F)c1. The van der Waals surface area contributed by atoms with E-state index in [0.29, 0.717) is 16.5 Å². The van der Waals surface area contributed by atoms with E-state index in [1.807, 2.05) is 0 Å². The van der Waals surface area contributed by atoms with E-state index in [2.05, 4.69) is 22.9 Å². The van der Waals surface area contributed by atoms with Crippen molar-refractivity contribution in [1.29, 1.82) is 0 Å². The van der Waals surface area contributed by atoms with Crippen LogP contribution < -0.4 is 0 Å². The minimum Gasteiger partial charge on any atom is -0.294 e. The van der Waals surface area contributed by atoms with E-state index >= 15 is 0 Å². The predicted octanol–water partition coefficient (Wildman–Crippen LogP) is 4.35. The zero-order chi connectivity index (χ0) is 11.3. The van der Waals surface area contributed by atoms with E-state index in [1.54, 1.807) is 12.1 Å². The van der Waals surface area contributed by atoms with Crippen LogP contribution in [0, 0.1) is 5.82 Å². The molecule has 1 nitrogen and oxygen atoms in total. The number of carbonyl (C=O) groups excluding carboxylic acids is 1. The first-order valence-electron chi connectivity index (χ1n) is 5.13. The van der Waals surface area contributed by atoms with Crippen LogP contribution in [0.15, 0.2) is 22.7 Å². The zero-order valence-electron chi connectivity index (χ0n) is 8.72. The minimum absolute atomic E-state index is 0.0230. The van der Waals surface area contributed by atoms with Crippen molar-refractivity contribution < 1.29 is 9.18 Å². The van der Waals surface area contributed by atoms with Crippen molar-refractivity contribution in [3.05, 3.63) is 34.1 Å². The molecule has 0 amide bonds. The molecule has 0 saturated carbocycles. The monoisotopic (exact) mass is 272 g/mol. The van der Waals surface area contributed by atoms with Crippen molar-refractivity contribution in [1.82, 2.24) is 0 Å². The Morgan fingerprint density at radius 1 is 1.40 bits per heavy atom. The Morgan fingerprint density at radius 2 is 2.13 bits per heavy atom. The van der Waals surface area contributed by atoms with Gasteiger partial charge in [0, 0.05) is 12.0 Å². The standard InChI is InChI=1S/C12H14BrFO/c1-2-3-4-5-12(15)9-6-7-10(13)11(14)8-9/h6-8H,2-5H2,1H3. The van der Waals surface area contributed by atoms with Gasteiger partial charge < -0.3 is 0 Å². The second-order valence-electron chi connectivity index (χ2n) is 3.51. The molecule has 1 aromatic rings.